The zero-order valence-corrected chi connectivity index (χ0v) is 21.8. The Bertz CT molecular complexity index is 1260. The van der Waals surface area contributed by atoms with Crippen LogP contribution < -0.4 is 16.0 Å². The maximum Gasteiger partial charge on any atom is 0.307 e. The molecule has 0 bridgehead atoms. The molecule has 12 heteroatoms. The average molecular weight is 539 g/mol. The molecular weight excluding hydrogens is 508 g/mol. The van der Waals surface area contributed by atoms with E-state index in [9.17, 15) is 28.8 Å². The number of esters is 2. The number of benzene rings is 2. The van der Waals surface area contributed by atoms with E-state index >= 15 is 0 Å². The van der Waals surface area contributed by atoms with Crippen molar-refractivity contribution < 1.29 is 38.2 Å². The van der Waals surface area contributed by atoms with E-state index in [2.05, 4.69) is 20.7 Å². The number of nitrogens with zero attached hydrogens (tertiary/aromatic N) is 1. The fraction of sp³-hybridized carbons (Fsp3) is 0.333. The molecule has 0 radical (unpaired) electrons. The minimum Gasteiger partial charge on any atom is -0.469 e. The molecule has 4 amide bonds. The molecule has 1 aliphatic heterocycles. The van der Waals surface area contributed by atoms with Crippen molar-refractivity contribution >= 4 is 46.9 Å². The molecule has 0 fully saturated rings. The SMILES string of the molecule is COC(=O)CC[C@H]1C(=O)Nc2ccc(NC(C)=O)cc2C(=O)N1CC(=O)N[C@@H](CC(=O)OC)c1ccccc1. The topological polar surface area (TPSA) is 160 Å². The molecule has 0 aromatic heterocycles. The molecule has 2 aromatic carbocycles. The van der Waals surface area contributed by atoms with E-state index < -0.39 is 48.3 Å². The average Bonchev–Trinajstić information content (AvgIpc) is 3.00. The summed E-state index contributed by atoms with van der Waals surface area (Å²) < 4.78 is 9.44. The lowest BCUT2D eigenvalue weighted by molar-refractivity contribution is -0.142. The Hall–Kier alpha value is -4.74. The van der Waals surface area contributed by atoms with Gasteiger partial charge in [-0.15, -0.1) is 0 Å². The third-order valence-corrected chi connectivity index (χ3v) is 6.07. The first-order chi connectivity index (χ1) is 18.6. The number of hydrogen-bond donors (Lipinski definition) is 3. The Morgan fingerprint density at radius 2 is 1.69 bits per heavy atom. The highest BCUT2D eigenvalue weighted by atomic mass is 16.5. The van der Waals surface area contributed by atoms with Crippen molar-refractivity contribution in [3.8, 4) is 0 Å². The summed E-state index contributed by atoms with van der Waals surface area (Å²) in [7, 11) is 2.44. The van der Waals surface area contributed by atoms with Crippen molar-refractivity contribution in [1.29, 1.82) is 0 Å². The van der Waals surface area contributed by atoms with Crippen LogP contribution in [0.5, 0.6) is 0 Å². The normalized spacial score (nSPS) is 15.3. The van der Waals surface area contributed by atoms with E-state index in [4.69, 9.17) is 4.74 Å². The van der Waals surface area contributed by atoms with Crippen LogP contribution in [0.25, 0.3) is 0 Å². The summed E-state index contributed by atoms with van der Waals surface area (Å²) in [4.78, 5) is 76.6. The molecule has 3 N–H and O–H groups in total. The van der Waals surface area contributed by atoms with Crippen molar-refractivity contribution in [2.75, 3.05) is 31.4 Å². The van der Waals surface area contributed by atoms with Gasteiger partial charge in [0.2, 0.25) is 17.7 Å². The first kappa shape index (κ1) is 28.8. The van der Waals surface area contributed by atoms with E-state index in [1.54, 1.807) is 30.3 Å². The van der Waals surface area contributed by atoms with E-state index in [1.807, 2.05) is 0 Å². The Morgan fingerprint density at radius 1 is 1.00 bits per heavy atom. The highest BCUT2D eigenvalue weighted by Crippen LogP contribution is 2.28. The van der Waals surface area contributed by atoms with Gasteiger partial charge < -0.3 is 30.3 Å². The van der Waals surface area contributed by atoms with Gasteiger partial charge >= 0.3 is 11.9 Å². The molecule has 1 aliphatic rings. The summed E-state index contributed by atoms with van der Waals surface area (Å²) in [6.45, 7) is 0.763. The molecule has 0 unspecified atom stereocenters. The molecule has 0 saturated carbocycles. The summed E-state index contributed by atoms with van der Waals surface area (Å²) in [5.74, 6) is -3.39. The number of ether oxygens (including phenoxy) is 2. The van der Waals surface area contributed by atoms with Crippen LogP contribution in [0.3, 0.4) is 0 Å². The standard InChI is InChI=1S/C27H30N4O8/c1-16(32)28-18-9-10-20-19(13-18)27(37)31(22(26(36)30-20)11-12-24(34)38-2)15-23(33)29-21(14-25(35)39-3)17-7-5-4-6-8-17/h4-10,13,21-22H,11-12,14-15H2,1-3H3,(H,28,32)(H,29,33)(H,30,36)/t21-,22-/m0/s1. The molecule has 12 nitrogen and oxygen atoms in total. The molecule has 206 valence electrons. The lowest BCUT2D eigenvalue weighted by Gasteiger charge is -2.29. The largest absolute Gasteiger partial charge is 0.469 e. The number of hydrogen-bond acceptors (Lipinski definition) is 8. The second-order valence-corrected chi connectivity index (χ2v) is 8.81. The Kier molecular flexibility index (Phi) is 9.74. The maximum absolute atomic E-state index is 13.7. The monoisotopic (exact) mass is 538 g/mol. The molecule has 0 saturated heterocycles. The zero-order valence-electron chi connectivity index (χ0n) is 21.8. The Labute approximate surface area is 225 Å². The minimum absolute atomic E-state index is 0.0529. The lowest BCUT2D eigenvalue weighted by Crippen LogP contribution is -2.50. The summed E-state index contributed by atoms with van der Waals surface area (Å²) in [5, 5.41) is 8.00. The van der Waals surface area contributed by atoms with Gasteiger partial charge in [-0.25, -0.2) is 0 Å². The quantitative estimate of drug-likeness (QED) is 0.386. The molecule has 2 aromatic rings. The van der Waals surface area contributed by atoms with Gasteiger partial charge in [-0.1, -0.05) is 30.3 Å². The minimum atomic E-state index is -1.19. The van der Waals surface area contributed by atoms with Gasteiger partial charge in [0.1, 0.15) is 12.6 Å². The van der Waals surface area contributed by atoms with Gasteiger partial charge in [0, 0.05) is 19.0 Å². The van der Waals surface area contributed by atoms with E-state index in [-0.39, 0.29) is 36.4 Å². The number of amides is 4. The molecule has 0 aliphatic carbocycles. The second-order valence-electron chi connectivity index (χ2n) is 8.81. The molecule has 39 heavy (non-hydrogen) atoms. The van der Waals surface area contributed by atoms with Crippen LogP contribution in [0.4, 0.5) is 11.4 Å². The molecule has 3 rings (SSSR count). The van der Waals surface area contributed by atoms with Crippen molar-refractivity contribution in [3.05, 3.63) is 59.7 Å². The number of nitrogens with one attached hydrogen (secondary N) is 3. The van der Waals surface area contributed by atoms with Crippen LogP contribution in [0, 0.1) is 0 Å². The van der Waals surface area contributed by atoms with Gasteiger partial charge in [-0.2, -0.15) is 0 Å². The number of fused-ring (bicyclic) bond motifs is 1. The van der Waals surface area contributed by atoms with Gasteiger partial charge in [-0.05, 0) is 30.2 Å². The van der Waals surface area contributed by atoms with Crippen LogP contribution in [-0.4, -0.2) is 67.3 Å². The van der Waals surface area contributed by atoms with Gasteiger partial charge in [-0.3, -0.25) is 28.8 Å². The van der Waals surface area contributed by atoms with Crippen LogP contribution in [-0.2, 0) is 33.4 Å². The number of rotatable bonds is 10. The zero-order chi connectivity index (χ0) is 28.5. The second kappa shape index (κ2) is 13.2. The van der Waals surface area contributed by atoms with Crippen molar-refractivity contribution in [2.24, 2.45) is 0 Å². The smallest absolute Gasteiger partial charge is 0.307 e. The summed E-state index contributed by atoms with van der Waals surface area (Å²) in [5.41, 5.74) is 1.21. The fourth-order valence-corrected chi connectivity index (χ4v) is 4.17. The summed E-state index contributed by atoms with van der Waals surface area (Å²) in [6.07, 6.45) is -0.438. The van der Waals surface area contributed by atoms with Gasteiger partial charge in [0.25, 0.3) is 5.91 Å². The Balaban J connectivity index is 1.93. The van der Waals surface area contributed by atoms with E-state index in [0.29, 0.717) is 11.3 Å². The number of anilines is 2. The Morgan fingerprint density at radius 3 is 2.33 bits per heavy atom. The van der Waals surface area contributed by atoms with Crippen LogP contribution in [0.15, 0.2) is 48.5 Å². The highest BCUT2D eigenvalue weighted by molar-refractivity contribution is 6.11. The van der Waals surface area contributed by atoms with Gasteiger partial charge in [0.15, 0.2) is 0 Å². The number of methoxy groups -OCH3 is 2. The van der Waals surface area contributed by atoms with Crippen molar-refractivity contribution in [2.45, 2.75) is 38.3 Å². The fourth-order valence-electron chi connectivity index (χ4n) is 4.17. The summed E-state index contributed by atoms with van der Waals surface area (Å²) in [6, 6.07) is 11.2. The van der Waals surface area contributed by atoms with E-state index in [1.165, 1.54) is 39.3 Å². The number of carbonyl (C=O) groups is 6. The van der Waals surface area contributed by atoms with Crippen molar-refractivity contribution in [3.63, 3.8) is 0 Å². The molecule has 0 spiro atoms. The van der Waals surface area contributed by atoms with E-state index in [0.717, 1.165) is 4.90 Å². The first-order valence-corrected chi connectivity index (χ1v) is 12.1. The molecule has 1 heterocycles. The van der Waals surface area contributed by atoms with Crippen LogP contribution in [0.2, 0.25) is 0 Å². The lowest BCUT2D eigenvalue weighted by atomic mass is 10.0. The first-order valence-electron chi connectivity index (χ1n) is 12.1. The van der Waals surface area contributed by atoms with Gasteiger partial charge in [0.05, 0.1) is 37.9 Å². The molecule has 2 atom stereocenters. The summed E-state index contributed by atoms with van der Waals surface area (Å²) >= 11 is 0. The van der Waals surface area contributed by atoms with Crippen LogP contribution >= 0.6 is 0 Å². The third-order valence-electron chi connectivity index (χ3n) is 6.07. The predicted molar refractivity (Wildman–Crippen MR) is 139 cm³/mol. The third kappa shape index (κ3) is 7.63. The van der Waals surface area contributed by atoms with Crippen LogP contribution in [0.1, 0.15) is 48.1 Å². The number of carbonyl (C=O) groups excluding carboxylic acids is 6. The van der Waals surface area contributed by atoms with Crippen molar-refractivity contribution in [1.82, 2.24) is 10.2 Å². The predicted octanol–water partition coefficient (Wildman–Crippen LogP) is 1.78. The highest BCUT2D eigenvalue weighted by Gasteiger charge is 2.37. The maximum atomic E-state index is 13.7. The molecular formula is C27H30N4O8.